The van der Waals surface area contributed by atoms with Gasteiger partial charge in [-0.25, -0.2) is 0 Å². The van der Waals surface area contributed by atoms with Crippen molar-refractivity contribution in [3.05, 3.63) is 216 Å². The van der Waals surface area contributed by atoms with E-state index in [1.807, 2.05) is 170 Å². The molecule has 0 unspecified atom stereocenters. The van der Waals surface area contributed by atoms with Gasteiger partial charge < -0.3 is 30.3 Å². The quantitative estimate of drug-likeness (QED) is 0.0237. The van der Waals surface area contributed by atoms with Crippen LogP contribution in [0, 0.1) is 0 Å². The number of aliphatic hydroxyl groups excluding tert-OH is 1. The molecule has 0 radical (unpaired) electrons. The molecule has 7 rings (SSSR count). The predicted octanol–water partition coefficient (Wildman–Crippen LogP) is 7.34. The number of nitrogens with zero attached hydrogens (tertiary/aromatic N) is 1. The van der Waals surface area contributed by atoms with Crippen molar-refractivity contribution in [2.45, 2.75) is 54.7 Å². The van der Waals surface area contributed by atoms with Crippen LogP contribution in [0.5, 0.6) is 0 Å². The molecule has 0 bridgehead atoms. The summed E-state index contributed by atoms with van der Waals surface area (Å²) in [7, 11) is 0. The number of fused-ring (bicyclic) bond motifs is 3. The van der Waals surface area contributed by atoms with E-state index in [4.69, 9.17) is 9.47 Å². The second-order valence-electron chi connectivity index (χ2n) is 15.8. The molecule has 2 amide bonds. The van der Waals surface area contributed by atoms with E-state index in [0.29, 0.717) is 0 Å². The van der Waals surface area contributed by atoms with Crippen LogP contribution in [0.2, 0.25) is 0 Å². The molecule has 3 N–H and O–H groups in total. The van der Waals surface area contributed by atoms with Crippen LogP contribution in [0.25, 0.3) is 11.1 Å². The van der Waals surface area contributed by atoms with Gasteiger partial charge >= 0.3 is 5.97 Å². The third-order valence-electron chi connectivity index (χ3n) is 11.5. The maximum atomic E-state index is 14.8. The lowest BCUT2D eigenvalue weighted by Gasteiger charge is -2.37. The number of hydrogen-bond acceptors (Lipinski definition) is 9. The average molecular weight is 887 g/mol. The van der Waals surface area contributed by atoms with Crippen LogP contribution < -0.4 is 15.7 Å². The number of aliphatic imine (C=N–C) groups is 1. The first-order chi connectivity index (χ1) is 31.7. The van der Waals surface area contributed by atoms with Crippen molar-refractivity contribution < 1.29 is 34.1 Å². The van der Waals surface area contributed by atoms with Crippen molar-refractivity contribution in [3.8, 4) is 11.1 Å². The van der Waals surface area contributed by atoms with Crippen LogP contribution in [0.4, 0.5) is 0 Å². The minimum atomic E-state index is -1.35. The summed E-state index contributed by atoms with van der Waals surface area (Å²) in [5.41, 5.74) is 7.89. The highest BCUT2D eigenvalue weighted by atomic mass is 32.2. The number of benzene rings is 6. The summed E-state index contributed by atoms with van der Waals surface area (Å²) in [5.74, 6) is -2.12. The van der Waals surface area contributed by atoms with Gasteiger partial charge in [0.25, 0.3) is 0 Å². The highest BCUT2D eigenvalue weighted by Gasteiger charge is 2.39. The van der Waals surface area contributed by atoms with Gasteiger partial charge in [0.1, 0.15) is 24.8 Å². The van der Waals surface area contributed by atoms with Crippen molar-refractivity contribution in [3.63, 3.8) is 0 Å². The molecule has 0 heterocycles. The zero-order valence-electron chi connectivity index (χ0n) is 36.1. The standard InChI is InChI=1S/C54H53N3O7S/c1-3-32-63-50(59)34-49(58)47(33-38-20-8-4-9-21-38)56-52(61)48(36-65-54(39-22-10-5-11-23-39,40-24-12-6-13-25-40)41-26-14-7-15-27-41)57-51(60)37(2)55-53(62)64-35-46-44-30-18-16-28-42(44)43-29-17-19-31-45(43)46/h3-31,37,46-49,58H,1,32-36H2,2H3,(H,55,62)(H,56,61)(H,57,60)/p-1/t37-,47-,48-,49+/m1/s1. The van der Waals surface area contributed by atoms with Crippen molar-refractivity contribution in [2.75, 3.05) is 19.0 Å². The van der Waals surface area contributed by atoms with Crippen LogP contribution in [-0.2, 0) is 35.0 Å². The molecule has 4 atom stereocenters. The number of esters is 1. The zero-order valence-corrected chi connectivity index (χ0v) is 36.9. The molecule has 10 nitrogen and oxygen atoms in total. The fraction of sp³-hybridized carbons (Fsp3) is 0.222. The summed E-state index contributed by atoms with van der Waals surface area (Å²) >= 11 is 1.46. The molecular formula is C54H52N3O7S-. The number of hydrogen-bond donors (Lipinski definition) is 3. The lowest BCUT2D eigenvalue weighted by Crippen LogP contribution is -2.55. The molecule has 0 saturated heterocycles. The summed E-state index contributed by atoms with van der Waals surface area (Å²) in [6.07, 6.45) is -1.05. The first-order valence-corrected chi connectivity index (χ1v) is 22.6. The molecule has 11 heteroatoms. The molecule has 6 aromatic rings. The van der Waals surface area contributed by atoms with E-state index in [0.717, 1.165) is 44.5 Å². The second-order valence-corrected chi connectivity index (χ2v) is 17.0. The third kappa shape index (κ3) is 11.2. The van der Waals surface area contributed by atoms with Gasteiger partial charge in [-0.05, 0) is 57.9 Å². The number of aliphatic hydroxyl groups is 1. The lowest BCUT2D eigenvalue weighted by molar-refractivity contribution is -0.251. The number of nitrogens with one attached hydrogen (secondary N) is 2. The Morgan fingerprint density at radius 2 is 1.22 bits per heavy atom. The van der Waals surface area contributed by atoms with Crippen LogP contribution in [0.3, 0.4) is 0 Å². The SMILES string of the molecule is C=CCOC(=O)C[C@H](O)[C@@H](Cc1ccccc1)NC(=O)[C@@H](CSC(c1ccccc1)(c1ccccc1)c1ccccc1)NC(=O)[C@@H](C)N=C([O-])OCC1c2ccccc2-c2ccccc21. The summed E-state index contributed by atoms with van der Waals surface area (Å²) in [6, 6.07) is 51.6. The van der Waals surface area contributed by atoms with Gasteiger partial charge in [-0.2, -0.15) is 0 Å². The number of carbonyl (C=O) groups excluding carboxylic acids is 3. The van der Waals surface area contributed by atoms with E-state index in [-0.39, 0.29) is 31.3 Å². The van der Waals surface area contributed by atoms with Gasteiger partial charge in [0, 0.05) is 18.3 Å². The molecule has 65 heavy (non-hydrogen) atoms. The molecule has 0 spiro atoms. The number of amides is 2. The van der Waals surface area contributed by atoms with Gasteiger partial charge in [-0.3, -0.25) is 19.4 Å². The number of rotatable bonds is 20. The van der Waals surface area contributed by atoms with E-state index >= 15 is 0 Å². The fourth-order valence-corrected chi connectivity index (χ4v) is 9.82. The van der Waals surface area contributed by atoms with Crippen LogP contribution in [-0.4, -0.2) is 72.2 Å². The van der Waals surface area contributed by atoms with E-state index in [1.54, 1.807) is 0 Å². The zero-order chi connectivity index (χ0) is 45.6. The van der Waals surface area contributed by atoms with Crippen LogP contribution in [0.1, 0.15) is 52.6 Å². The Labute approximate surface area is 384 Å². The number of thioether (sulfide) groups is 1. The molecule has 0 fully saturated rings. The van der Waals surface area contributed by atoms with Gasteiger partial charge in [-0.1, -0.05) is 183 Å². The Kier molecular flexibility index (Phi) is 15.7. The largest absolute Gasteiger partial charge is 0.599 e. The molecule has 332 valence electrons. The first kappa shape index (κ1) is 46.1. The highest BCUT2D eigenvalue weighted by molar-refractivity contribution is 8.00. The Morgan fingerprint density at radius 1 is 0.723 bits per heavy atom. The molecule has 0 aromatic heterocycles. The first-order valence-electron chi connectivity index (χ1n) is 21.6. The van der Waals surface area contributed by atoms with E-state index < -0.39 is 59.3 Å². The molecule has 0 aliphatic heterocycles. The summed E-state index contributed by atoms with van der Waals surface area (Å²) in [6.45, 7) is 5.05. The van der Waals surface area contributed by atoms with Gasteiger partial charge in [0.2, 0.25) is 11.8 Å². The van der Waals surface area contributed by atoms with Crippen molar-refractivity contribution >= 4 is 35.6 Å². The predicted molar refractivity (Wildman–Crippen MR) is 254 cm³/mol. The monoisotopic (exact) mass is 886 g/mol. The minimum absolute atomic E-state index is 0.0270. The summed E-state index contributed by atoms with van der Waals surface area (Å²) in [4.78, 5) is 45.7. The molecular weight excluding hydrogens is 835 g/mol. The van der Waals surface area contributed by atoms with E-state index in [9.17, 15) is 24.6 Å². The Hall–Kier alpha value is -6.95. The minimum Gasteiger partial charge on any atom is -0.599 e. The maximum absolute atomic E-state index is 14.8. The van der Waals surface area contributed by atoms with Gasteiger partial charge in [0.05, 0.1) is 23.3 Å². The molecule has 6 aromatic carbocycles. The maximum Gasteiger partial charge on any atom is 0.308 e. The van der Waals surface area contributed by atoms with Crippen LogP contribution in [0.15, 0.2) is 188 Å². The van der Waals surface area contributed by atoms with Crippen molar-refractivity contribution in [1.82, 2.24) is 10.6 Å². The summed E-state index contributed by atoms with van der Waals surface area (Å²) < 4.78 is 10.0. The highest BCUT2D eigenvalue weighted by Crippen LogP contribution is 2.49. The number of carbonyl (C=O) groups is 3. The van der Waals surface area contributed by atoms with Gasteiger partial charge in [0.15, 0.2) is 0 Å². The fourth-order valence-electron chi connectivity index (χ4n) is 8.26. The van der Waals surface area contributed by atoms with E-state index in [2.05, 4.69) is 22.2 Å². The normalized spacial score (nSPS) is 14.2. The Morgan fingerprint density at radius 3 is 1.74 bits per heavy atom. The second kappa shape index (κ2) is 22.1. The van der Waals surface area contributed by atoms with Crippen molar-refractivity contribution in [1.29, 1.82) is 0 Å². The average Bonchev–Trinajstić information content (AvgIpc) is 3.66. The summed E-state index contributed by atoms with van der Waals surface area (Å²) in [5, 5.41) is 30.7. The smallest absolute Gasteiger partial charge is 0.308 e. The molecule has 0 saturated carbocycles. The van der Waals surface area contributed by atoms with E-state index in [1.165, 1.54) is 24.8 Å². The third-order valence-corrected chi connectivity index (χ3v) is 13.1. The number of ether oxygens (including phenoxy) is 2. The van der Waals surface area contributed by atoms with Crippen molar-refractivity contribution in [2.24, 2.45) is 4.99 Å². The van der Waals surface area contributed by atoms with Crippen LogP contribution >= 0.6 is 11.8 Å². The van der Waals surface area contributed by atoms with Gasteiger partial charge in [-0.15, -0.1) is 11.8 Å². The lowest BCUT2D eigenvalue weighted by atomic mass is 9.84. The Bertz CT molecular complexity index is 2420. The Balaban J connectivity index is 1.17. The molecule has 1 aliphatic carbocycles. The topological polar surface area (TPSA) is 149 Å². The molecule has 1 aliphatic rings.